The molecule has 3 aromatic rings. The van der Waals surface area contributed by atoms with Crippen molar-refractivity contribution in [1.29, 1.82) is 0 Å². The van der Waals surface area contributed by atoms with Gasteiger partial charge in [0.2, 0.25) is 5.95 Å². The van der Waals surface area contributed by atoms with E-state index < -0.39 is 6.23 Å². The summed E-state index contributed by atoms with van der Waals surface area (Å²) in [5.41, 5.74) is 1.87. The molecule has 0 bridgehead atoms. The number of nitrogens with zero attached hydrogens (tertiary/aromatic N) is 5. The van der Waals surface area contributed by atoms with E-state index in [1.54, 1.807) is 25.7 Å². The van der Waals surface area contributed by atoms with Crippen LogP contribution < -0.4 is 9.64 Å². The van der Waals surface area contributed by atoms with E-state index in [1.165, 1.54) is 6.39 Å². The normalized spacial score (nSPS) is 18.4. The van der Waals surface area contributed by atoms with Crippen LogP contribution in [0.4, 0.5) is 5.95 Å². The molecule has 8 nitrogen and oxygen atoms in total. The summed E-state index contributed by atoms with van der Waals surface area (Å²) in [6, 6.07) is 8.72. The Balaban J connectivity index is 1.25. The molecule has 1 N–H and O–H groups in total. The van der Waals surface area contributed by atoms with E-state index in [-0.39, 0.29) is 0 Å². The van der Waals surface area contributed by atoms with E-state index in [0.717, 1.165) is 61.6 Å². The molecule has 31 heavy (non-hydrogen) atoms. The molecule has 0 radical (unpaired) electrons. The van der Waals surface area contributed by atoms with Crippen LogP contribution in [0, 0.1) is 0 Å². The maximum atomic E-state index is 11.2. The lowest BCUT2D eigenvalue weighted by atomic mass is 10.0. The van der Waals surface area contributed by atoms with Gasteiger partial charge >= 0.3 is 0 Å². The predicted octanol–water partition coefficient (Wildman–Crippen LogP) is 3.26. The average Bonchev–Trinajstić information content (AvgIpc) is 3.51. The van der Waals surface area contributed by atoms with Gasteiger partial charge in [-0.3, -0.25) is 4.90 Å². The molecule has 8 heteroatoms. The number of rotatable bonds is 7. The topological polar surface area (TPSA) is 87.8 Å². The number of oxazole rings is 1. The molecule has 1 aromatic carbocycles. The number of hydrogen-bond donors (Lipinski definition) is 1. The highest BCUT2D eigenvalue weighted by Gasteiger charge is 2.39. The average molecular weight is 422 g/mol. The van der Waals surface area contributed by atoms with E-state index in [4.69, 9.17) is 9.15 Å². The van der Waals surface area contributed by atoms with Gasteiger partial charge in [0.1, 0.15) is 6.23 Å². The first-order chi connectivity index (χ1) is 15.2. The van der Waals surface area contributed by atoms with Crippen LogP contribution in [-0.2, 0) is 0 Å². The minimum Gasteiger partial charge on any atom is -0.494 e. The minimum atomic E-state index is -0.606. The van der Waals surface area contributed by atoms with Crippen molar-refractivity contribution in [2.45, 2.75) is 44.0 Å². The zero-order valence-corrected chi connectivity index (χ0v) is 17.6. The van der Waals surface area contributed by atoms with Gasteiger partial charge in [-0.15, -0.1) is 0 Å². The summed E-state index contributed by atoms with van der Waals surface area (Å²) in [5, 5.41) is 11.2. The van der Waals surface area contributed by atoms with Gasteiger partial charge in [0.15, 0.2) is 17.9 Å². The second-order valence-electron chi connectivity index (χ2n) is 8.18. The molecule has 1 aliphatic carbocycles. The number of piperidine rings is 1. The lowest BCUT2D eigenvalue weighted by Crippen LogP contribution is -2.47. The van der Waals surface area contributed by atoms with Crippen LogP contribution in [0.3, 0.4) is 0 Å². The molecule has 2 aromatic heterocycles. The Hall–Kier alpha value is -2.97. The molecule has 3 heterocycles. The SMILES string of the molecule is COc1cnc(N2CCC(N(C3CC3)C(O)c3ccc(-c4cnco4)cc3)CC2)nc1. The van der Waals surface area contributed by atoms with Crippen LogP contribution in [0.25, 0.3) is 11.3 Å². The first-order valence-electron chi connectivity index (χ1n) is 10.8. The van der Waals surface area contributed by atoms with Crippen LogP contribution >= 0.6 is 0 Å². The Labute approximate surface area is 181 Å². The minimum absolute atomic E-state index is 0.339. The van der Waals surface area contributed by atoms with Gasteiger partial charge in [0.25, 0.3) is 0 Å². The van der Waals surface area contributed by atoms with Crippen LogP contribution in [0.1, 0.15) is 37.5 Å². The number of methoxy groups -OCH3 is 1. The van der Waals surface area contributed by atoms with Crippen molar-refractivity contribution >= 4 is 5.95 Å². The molecule has 162 valence electrons. The van der Waals surface area contributed by atoms with Crippen molar-refractivity contribution in [2.75, 3.05) is 25.1 Å². The summed E-state index contributed by atoms with van der Waals surface area (Å²) >= 11 is 0. The number of aliphatic hydroxyl groups excluding tert-OH is 1. The highest BCUT2D eigenvalue weighted by atomic mass is 16.5. The molecule has 1 saturated carbocycles. The summed E-state index contributed by atoms with van der Waals surface area (Å²) in [7, 11) is 1.61. The van der Waals surface area contributed by atoms with E-state index in [1.807, 2.05) is 24.3 Å². The fourth-order valence-electron chi connectivity index (χ4n) is 4.36. The van der Waals surface area contributed by atoms with Gasteiger partial charge in [-0.1, -0.05) is 24.3 Å². The van der Waals surface area contributed by atoms with E-state index in [0.29, 0.717) is 17.8 Å². The van der Waals surface area contributed by atoms with Crippen molar-refractivity contribution in [3.05, 3.63) is 54.8 Å². The van der Waals surface area contributed by atoms with Gasteiger partial charge in [-0.2, -0.15) is 0 Å². The van der Waals surface area contributed by atoms with Crippen molar-refractivity contribution in [2.24, 2.45) is 0 Å². The van der Waals surface area contributed by atoms with E-state index >= 15 is 0 Å². The summed E-state index contributed by atoms with van der Waals surface area (Å²) < 4.78 is 10.5. The maximum Gasteiger partial charge on any atom is 0.225 e. The van der Waals surface area contributed by atoms with Gasteiger partial charge in [-0.05, 0) is 31.2 Å². The molecule has 5 rings (SSSR count). The first-order valence-corrected chi connectivity index (χ1v) is 10.8. The fourth-order valence-corrected chi connectivity index (χ4v) is 4.36. The lowest BCUT2D eigenvalue weighted by Gasteiger charge is -2.41. The Morgan fingerprint density at radius 1 is 1.03 bits per heavy atom. The Kier molecular flexibility index (Phi) is 5.57. The van der Waals surface area contributed by atoms with Crippen molar-refractivity contribution in [3.8, 4) is 17.1 Å². The van der Waals surface area contributed by atoms with Crippen LogP contribution in [0.15, 0.2) is 53.7 Å². The number of aliphatic hydroxyl groups is 1. The molecule has 2 aliphatic rings. The first kappa shape index (κ1) is 20.0. The van der Waals surface area contributed by atoms with Crippen molar-refractivity contribution in [3.63, 3.8) is 0 Å². The van der Waals surface area contributed by atoms with Gasteiger partial charge in [-0.25, -0.2) is 15.0 Å². The molecular weight excluding hydrogens is 394 g/mol. The third-order valence-electron chi connectivity index (χ3n) is 6.20. The highest BCUT2D eigenvalue weighted by molar-refractivity contribution is 5.56. The standard InChI is InChI=1S/C23H27N5O3/c1-30-20-12-25-23(26-13-20)27-10-8-19(9-11-27)28(18-6-7-18)22(29)17-4-2-16(3-5-17)21-14-24-15-31-21/h2-5,12-15,18-19,22,29H,6-11H2,1H3. The lowest BCUT2D eigenvalue weighted by molar-refractivity contribution is -0.0403. The zero-order valence-electron chi connectivity index (χ0n) is 17.6. The van der Waals surface area contributed by atoms with Gasteiger partial charge in [0.05, 0.1) is 25.7 Å². The number of anilines is 1. The van der Waals surface area contributed by atoms with Crippen LogP contribution in [-0.4, -0.2) is 57.2 Å². The van der Waals surface area contributed by atoms with Crippen molar-refractivity contribution in [1.82, 2.24) is 19.9 Å². The second-order valence-corrected chi connectivity index (χ2v) is 8.18. The molecule has 0 spiro atoms. The number of aromatic nitrogens is 3. The zero-order chi connectivity index (χ0) is 21.2. The summed E-state index contributed by atoms with van der Waals surface area (Å²) in [6.45, 7) is 1.74. The third-order valence-corrected chi connectivity index (χ3v) is 6.20. The molecule has 1 atom stereocenters. The van der Waals surface area contributed by atoms with E-state index in [9.17, 15) is 5.11 Å². The molecule has 1 unspecified atom stereocenters. The predicted molar refractivity (Wildman–Crippen MR) is 116 cm³/mol. The smallest absolute Gasteiger partial charge is 0.225 e. The highest BCUT2D eigenvalue weighted by Crippen LogP contribution is 2.38. The number of benzene rings is 1. The van der Waals surface area contributed by atoms with E-state index in [2.05, 4.69) is 24.8 Å². The molecule has 1 aliphatic heterocycles. The molecule has 1 saturated heterocycles. The monoisotopic (exact) mass is 421 g/mol. The Morgan fingerprint density at radius 3 is 2.29 bits per heavy atom. The molecule has 0 amide bonds. The van der Waals surface area contributed by atoms with Gasteiger partial charge in [0, 0.05) is 30.7 Å². The molecular formula is C23H27N5O3. The Bertz CT molecular complexity index is 965. The summed E-state index contributed by atoms with van der Waals surface area (Å²) in [5.74, 6) is 2.13. The summed E-state index contributed by atoms with van der Waals surface area (Å²) in [6.07, 6.45) is 10.2. The van der Waals surface area contributed by atoms with Crippen LogP contribution in [0.2, 0.25) is 0 Å². The number of hydrogen-bond acceptors (Lipinski definition) is 8. The third kappa shape index (κ3) is 4.26. The maximum absolute atomic E-state index is 11.2. The largest absolute Gasteiger partial charge is 0.494 e. The fraction of sp³-hybridized carbons (Fsp3) is 0.435. The quantitative estimate of drug-likeness (QED) is 0.582. The second kappa shape index (κ2) is 8.64. The molecule has 2 fully saturated rings. The van der Waals surface area contributed by atoms with Crippen molar-refractivity contribution < 1.29 is 14.3 Å². The summed E-state index contributed by atoms with van der Waals surface area (Å²) in [4.78, 5) is 17.3. The van der Waals surface area contributed by atoms with Crippen LogP contribution in [0.5, 0.6) is 5.75 Å². The van der Waals surface area contributed by atoms with Gasteiger partial charge < -0.3 is 19.2 Å². The Morgan fingerprint density at radius 2 is 1.71 bits per heavy atom. The number of ether oxygens (including phenoxy) is 1.